The van der Waals surface area contributed by atoms with Crippen LogP contribution in [-0.4, -0.2) is 40.8 Å². The number of hydrogen-bond donors (Lipinski definition) is 2. The summed E-state index contributed by atoms with van der Waals surface area (Å²) >= 11 is 0. The van der Waals surface area contributed by atoms with Crippen LogP contribution in [0.5, 0.6) is 0 Å². The van der Waals surface area contributed by atoms with Gasteiger partial charge < -0.3 is 15.2 Å². The van der Waals surface area contributed by atoms with E-state index in [1.54, 1.807) is 0 Å². The number of ketones is 1. The number of hydrogen-bond acceptors (Lipinski definition) is 6. The molecule has 0 saturated carbocycles. The maximum absolute atomic E-state index is 14.7. The third-order valence-electron chi connectivity index (χ3n) is 5.84. The second kappa shape index (κ2) is 7.94. The second-order valence-electron chi connectivity index (χ2n) is 7.74. The molecule has 35 heavy (non-hydrogen) atoms. The number of aliphatic hydroxyl groups is 1. The second-order valence-corrected chi connectivity index (χ2v) is 7.74. The number of carbonyl (C=O) groups excluding carboxylic acids is 2. The van der Waals surface area contributed by atoms with E-state index in [0.29, 0.717) is 6.07 Å². The molecule has 2 heterocycles. The van der Waals surface area contributed by atoms with E-state index >= 15 is 0 Å². The van der Waals surface area contributed by atoms with Crippen LogP contribution in [0.2, 0.25) is 0 Å². The van der Waals surface area contributed by atoms with E-state index in [4.69, 9.17) is 4.74 Å². The van der Waals surface area contributed by atoms with E-state index in [-0.39, 0.29) is 12.2 Å². The molecule has 0 aliphatic carbocycles. The lowest BCUT2D eigenvalue weighted by molar-refractivity contribution is -0.286. The third kappa shape index (κ3) is 3.34. The number of ether oxygens (including phenoxy) is 1. The highest BCUT2D eigenvalue weighted by molar-refractivity contribution is 6.14. The Hall–Kier alpha value is -3.67. The number of fused-ring (bicyclic) bond motifs is 3. The summed E-state index contributed by atoms with van der Waals surface area (Å²) in [5, 5.41) is 13.4. The Labute approximate surface area is 193 Å². The first kappa shape index (κ1) is 24.5. The van der Waals surface area contributed by atoms with Gasteiger partial charge in [-0.1, -0.05) is 36.4 Å². The Morgan fingerprint density at radius 3 is 2.29 bits per heavy atom. The standard InChI is InChI=1S/C23H16F6N2O4/c1-2-35-19(33)20(12-7-4-3-5-8-12)21(34,23(27,28)29)15-11-14(18(32)22(24,25)26)13-9-6-10-30-16(13)17(15)31-20/h3-11,31,34H,2H2,1H3/t20-,21?/m1/s1. The van der Waals surface area contributed by atoms with Gasteiger partial charge in [0, 0.05) is 22.7 Å². The van der Waals surface area contributed by atoms with Crippen molar-refractivity contribution >= 4 is 28.3 Å². The Morgan fingerprint density at radius 2 is 1.71 bits per heavy atom. The van der Waals surface area contributed by atoms with E-state index in [2.05, 4.69) is 10.3 Å². The largest absolute Gasteiger partial charge is 0.464 e. The summed E-state index contributed by atoms with van der Waals surface area (Å²) in [6.45, 7) is 0.971. The Bertz CT molecular complexity index is 1330. The van der Waals surface area contributed by atoms with Crippen molar-refractivity contribution in [1.29, 1.82) is 0 Å². The highest BCUT2D eigenvalue weighted by Crippen LogP contribution is 2.60. The Balaban J connectivity index is 2.18. The summed E-state index contributed by atoms with van der Waals surface area (Å²) in [5.41, 5.74) is -10.9. The van der Waals surface area contributed by atoms with Gasteiger partial charge in [0.15, 0.2) is 0 Å². The van der Waals surface area contributed by atoms with Crippen LogP contribution in [0.15, 0.2) is 54.7 Å². The van der Waals surface area contributed by atoms with Crippen LogP contribution in [0.1, 0.15) is 28.4 Å². The van der Waals surface area contributed by atoms with Gasteiger partial charge in [-0.2, -0.15) is 26.3 Å². The third-order valence-corrected chi connectivity index (χ3v) is 5.84. The topological polar surface area (TPSA) is 88.5 Å². The fourth-order valence-electron chi connectivity index (χ4n) is 4.37. The Morgan fingerprint density at radius 1 is 1.06 bits per heavy atom. The van der Waals surface area contributed by atoms with Gasteiger partial charge in [-0.25, -0.2) is 4.79 Å². The number of benzene rings is 2. The molecule has 3 aromatic rings. The molecule has 1 aromatic heterocycles. The summed E-state index contributed by atoms with van der Waals surface area (Å²) in [5.74, 6) is -3.97. The molecule has 0 amide bonds. The number of pyridine rings is 1. The molecular weight excluding hydrogens is 482 g/mol. The molecular formula is C23H16F6N2O4. The van der Waals surface area contributed by atoms with Crippen molar-refractivity contribution in [1.82, 2.24) is 4.98 Å². The monoisotopic (exact) mass is 498 g/mol. The maximum atomic E-state index is 14.7. The van der Waals surface area contributed by atoms with E-state index in [1.807, 2.05) is 0 Å². The van der Waals surface area contributed by atoms with Gasteiger partial charge in [0.2, 0.25) is 11.1 Å². The van der Waals surface area contributed by atoms with Crippen molar-refractivity contribution < 1.29 is 45.8 Å². The molecule has 2 atom stereocenters. The minimum atomic E-state index is -5.63. The average molecular weight is 498 g/mol. The lowest BCUT2D eigenvalue weighted by Gasteiger charge is -2.41. The zero-order chi connectivity index (χ0) is 25.8. The van der Waals surface area contributed by atoms with Gasteiger partial charge in [-0.3, -0.25) is 9.78 Å². The number of nitrogens with zero attached hydrogens (tertiary/aromatic N) is 1. The van der Waals surface area contributed by atoms with Crippen molar-refractivity contribution in [3.05, 3.63) is 71.4 Å². The highest BCUT2D eigenvalue weighted by Gasteiger charge is 2.76. The number of carbonyl (C=O) groups is 2. The molecule has 1 unspecified atom stereocenters. The number of rotatable bonds is 4. The number of nitrogens with one attached hydrogen (secondary N) is 1. The van der Waals surface area contributed by atoms with Crippen LogP contribution in [0.25, 0.3) is 10.9 Å². The molecule has 0 fully saturated rings. The first-order chi connectivity index (χ1) is 16.3. The Kier molecular flexibility index (Phi) is 5.55. The number of aromatic nitrogens is 1. The zero-order valence-electron chi connectivity index (χ0n) is 17.8. The first-order valence-electron chi connectivity index (χ1n) is 10.1. The van der Waals surface area contributed by atoms with Crippen LogP contribution >= 0.6 is 0 Å². The molecule has 0 radical (unpaired) electrons. The van der Waals surface area contributed by atoms with E-state index in [1.165, 1.54) is 31.2 Å². The van der Waals surface area contributed by atoms with Crippen LogP contribution in [0.4, 0.5) is 32.0 Å². The summed E-state index contributed by atoms with van der Waals surface area (Å²) in [6.07, 6.45) is -9.97. The first-order valence-corrected chi connectivity index (χ1v) is 10.1. The molecule has 1 aliphatic rings. The molecule has 2 N–H and O–H groups in total. The van der Waals surface area contributed by atoms with Crippen molar-refractivity contribution in [2.45, 2.75) is 30.4 Å². The van der Waals surface area contributed by atoms with Gasteiger partial charge in [-0.05, 0) is 24.6 Å². The predicted molar refractivity (Wildman–Crippen MR) is 110 cm³/mol. The van der Waals surface area contributed by atoms with Gasteiger partial charge in [0.25, 0.3) is 5.78 Å². The fraction of sp³-hybridized carbons (Fsp3) is 0.261. The van der Waals surface area contributed by atoms with Crippen molar-refractivity contribution in [3.8, 4) is 0 Å². The number of alkyl halides is 6. The smallest absolute Gasteiger partial charge is 0.454 e. The molecule has 6 nitrogen and oxygen atoms in total. The fourth-order valence-corrected chi connectivity index (χ4v) is 4.37. The average Bonchev–Trinajstić information content (AvgIpc) is 3.09. The maximum Gasteiger partial charge on any atom is 0.454 e. The molecule has 12 heteroatoms. The summed E-state index contributed by atoms with van der Waals surface area (Å²) in [4.78, 5) is 29.3. The van der Waals surface area contributed by atoms with Crippen LogP contribution in [0, 0.1) is 0 Å². The van der Waals surface area contributed by atoms with Crippen molar-refractivity contribution in [2.75, 3.05) is 11.9 Å². The summed E-state index contributed by atoms with van der Waals surface area (Å²) in [7, 11) is 0. The number of Topliss-reactive ketones (excluding diaryl/α,β-unsaturated/α-hetero) is 1. The lowest BCUT2D eigenvalue weighted by atomic mass is 9.72. The quantitative estimate of drug-likeness (QED) is 0.310. The molecule has 0 saturated heterocycles. The van der Waals surface area contributed by atoms with E-state index in [9.17, 15) is 41.0 Å². The van der Waals surface area contributed by atoms with Gasteiger partial charge in [0.1, 0.15) is 0 Å². The molecule has 0 bridgehead atoms. The van der Waals surface area contributed by atoms with Crippen LogP contribution < -0.4 is 5.32 Å². The molecule has 4 rings (SSSR count). The van der Waals surface area contributed by atoms with Crippen molar-refractivity contribution in [2.24, 2.45) is 0 Å². The van der Waals surface area contributed by atoms with Gasteiger partial charge >= 0.3 is 18.3 Å². The molecule has 0 spiro atoms. The molecule has 1 aliphatic heterocycles. The van der Waals surface area contributed by atoms with E-state index in [0.717, 1.165) is 24.4 Å². The molecule has 2 aromatic carbocycles. The summed E-state index contributed by atoms with van der Waals surface area (Å²) < 4.78 is 89.2. The molecule has 184 valence electrons. The van der Waals surface area contributed by atoms with Crippen molar-refractivity contribution in [3.63, 3.8) is 0 Å². The highest BCUT2D eigenvalue weighted by atomic mass is 19.4. The minimum absolute atomic E-state index is 0.305. The van der Waals surface area contributed by atoms with Gasteiger partial charge in [0.05, 0.1) is 17.8 Å². The lowest BCUT2D eigenvalue weighted by Crippen LogP contribution is -2.63. The van der Waals surface area contributed by atoms with Gasteiger partial charge in [-0.15, -0.1) is 0 Å². The number of esters is 1. The van der Waals surface area contributed by atoms with Crippen LogP contribution in [-0.2, 0) is 20.7 Å². The predicted octanol–water partition coefficient (Wildman–Crippen LogP) is 4.61. The number of halogens is 6. The minimum Gasteiger partial charge on any atom is -0.464 e. The van der Waals surface area contributed by atoms with Crippen LogP contribution in [0.3, 0.4) is 0 Å². The number of anilines is 1. The SMILES string of the molecule is CCOC(=O)[C@@]1(c2ccccc2)Nc2c(cc(C(=O)C(F)(F)F)c3cccnc23)C1(O)C(F)(F)F. The zero-order valence-corrected chi connectivity index (χ0v) is 17.8. The summed E-state index contributed by atoms with van der Waals surface area (Å²) in [6, 6.07) is 8.91. The van der Waals surface area contributed by atoms with E-state index < -0.39 is 63.0 Å². The normalized spacial score (nSPS) is 21.9.